The van der Waals surface area contributed by atoms with Gasteiger partial charge in [-0.05, 0) is 50.9 Å². The SMILES string of the molecule is c1ccc2c(c1)cc(-c1ccc(-c3nc4c(nc5ccccn54)c4ccccc34)cc1)c1ccccc12. The molecule has 3 heteroatoms. The van der Waals surface area contributed by atoms with Gasteiger partial charge in [0.05, 0.1) is 5.69 Å². The molecule has 0 aliphatic heterocycles. The van der Waals surface area contributed by atoms with Gasteiger partial charge in [0, 0.05) is 22.5 Å². The Kier molecular flexibility index (Phi) is 4.23. The van der Waals surface area contributed by atoms with Gasteiger partial charge in [0.15, 0.2) is 5.65 Å². The van der Waals surface area contributed by atoms with Gasteiger partial charge >= 0.3 is 0 Å². The number of hydrogen-bond donors (Lipinski definition) is 0. The lowest BCUT2D eigenvalue weighted by molar-refractivity contribution is 1.19. The summed E-state index contributed by atoms with van der Waals surface area (Å²) in [7, 11) is 0. The van der Waals surface area contributed by atoms with Crippen LogP contribution in [0.2, 0.25) is 0 Å². The van der Waals surface area contributed by atoms with Crippen LogP contribution in [-0.4, -0.2) is 14.4 Å². The Morgan fingerprint density at radius 1 is 0.486 bits per heavy atom. The van der Waals surface area contributed by atoms with Gasteiger partial charge in [-0.2, -0.15) is 0 Å². The van der Waals surface area contributed by atoms with Crippen LogP contribution in [0.15, 0.2) is 128 Å². The van der Waals surface area contributed by atoms with Gasteiger partial charge in [-0.25, -0.2) is 9.97 Å². The van der Waals surface area contributed by atoms with E-state index in [1.807, 2.05) is 24.4 Å². The first kappa shape index (κ1) is 20.2. The molecule has 8 aromatic rings. The minimum Gasteiger partial charge on any atom is -0.284 e. The lowest BCUT2D eigenvalue weighted by Crippen LogP contribution is -1.92. The summed E-state index contributed by atoms with van der Waals surface area (Å²) >= 11 is 0. The predicted octanol–water partition coefficient (Wildman–Crippen LogP) is 8.68. The summed E-state index contributed by atoms with van der Waals surface area (Å²) in [5.74, 6) is 0. The van der Waals surface area contributed by atoms with Gasteiger partial charge in [-0.15, -0.1) is 0 Å². The number of imidazole rings is 1. The van der Waals surface area contributed by atoms with Crippen LogP contribution < -0.4 is 0 Å². The highest BCUT2D eigenvalue weighted by atomic mass is 15.1. The standard InChI is InChI=1S/C34H21N3/c1-2-10-25-24(9-1)21-30(27-12-4-3-11-26(25)27)22-16-18-23(19-17-22)32-28-13-5-6-14-29(28)33-34(36-32)37-20-8-7-15-31(37)35-33/h1-21H. The molecular weight excluding hydrogens is 450 g/mol. The average molecular weight is 472 g/mol. The smallest absolute Gasteiger partial charge is 0.165 e. The zero-order chi connectivity index (χ0) is 24.3. The summed E-state index contributed by atoms with van der Waals surface area (Å²) in [6.07, 6.45) is 2.03. The molecule has 0 saturated heterocycles. The van der Waals surface area contributed by atoms with E-state index in [1.54, 1.807) is 0 Å². The van der Waals surface area contributed by atoms with E-state index in [2.05, 4.69) is 108 Å². The summed E-state index contributed by atoms with van der Waals surface area (Å²) in [4.78, 5) is 10.0. The summed E-state index contributed by atoms with van der Waals surface area (Å²) in [6.45, 7) is 0. The van der Waals surface area contributed by atoms with Crippen LogP contribution in [0, 0.1) is 0 Å². The fraction of sp³-hybridized carbons (Fsp3) is 0. The highest BCUT2D eigenvalue weighted by molar-refractivity contribution is 6.14. The van der Waals surface area contributed by atoms with Crippen molar-refractivity contribution in [1.29, 1.82) is 0 Å². The van der Waals surface area contributed by atoms with Gasteiger partial charge in [-0.3, -0.25) is 4.40 Å². The van der Waals surface area contributed by atoms with Crippen molar-refractivity contribution in [2.45, 2.75) is 0 Å². The molecule has 8 rings (SSSR count). The second-order valence-electron chi connectivity index (χ2n) is 9.49. The van der Waals surface area contributed by atoms with Crippen molar-refractivity contribution >= 4 is 49.1 Å². The number of pyridine rings is 2. The van der Waals surface area contributed by atoms with Crippen LogP contribution >= 0.6 is 0 Å². The summed E-state index contributed by atoms with van der Waals surface area (Å²) in [5.41, 5.74) is 7.24. The quantitative estimate of drug-likeness (QED) is 0.236. The van der Waals surface area contributed by atoms with Crippen molar-refractivity contribution in [2.75, 3.05) is 0 Å². The lowest BCUT2D eigenvalue weighted by Gasteiger charge is -2.12. The molecule has 37 heavy (non-hydrogen) atoms. The van der Waals surface area contributed by atoms with E-state index < -0.39 is 0 Å². The predicted molar refractivity (Wildman–Crippen MR) is 154 cm³/mol. The molecule has 0 unspecified atom stereocenters. The monoisotopic (exact) mass is 471 g/mol. The third-order valence-corrected chi connectivity index (χ3v) is 7.40. The molecule has 5 aromatic carbocycles. The molecule has 0 saturated carbocycles. The Morgan fingerprint density at radius 3 is 1.97 bits per heavy atom. The third kappa shape index (κ3) is 3.01. The van der Waals surface area contributed by atoms with Crippen LogP contribution in [0.25, 0.3) is 71.5 Å². The Bertz CT molecular complexity index is 2140. The van der Waals surface area contributed by atoms with Gasteiger partial charge in [0.2, 0.25) is 0 Å². The molecule has 0 radical (unpaired) electrons. The first-order valence-corrected chi connectivity index (χ1v) is 12.5. The number of hydrogen-bond acceptors (Lipinski definition) is 2. The highest BCUT2D eigenvalue weighted by Gasteiger charge is 2.15. The van der Waals surface area contributed by atoms with Crippen LogP contribution in [0.1, 0.15) is 0 Å². The molecule has 0 aliphatic carbocycles. The third-order valence-electron chi connectivity index (χ3n) is 7.40. The Morgan fingerprint density at radius 2 is 1.14 bits per heavy atom. The number of rotatable bonds is 2. The lowest BCUT2D eigenvalue weighted by atomic mass is 9.92. The second kappa shape index (κ2) is 7.74. The minimum absolute atomic E-state index is 0.883. The maximum absolute atomic E-state index is 5.16. The van der Waals surface area contributed by atoms with Crippen molar-refractivity contribution in [3.05, 3.63) is 128 Å². The first-order chi connectivity index (χ1) is 18.3. The number of aromatic nitrogens is 3. The normalized spacial score (nSPS) is 11.8. The van der Waals surface area contributed by atoms with Gasteiger partial charge < -0.3 is 0 Å². The van der Waals surface area contributed by atoms with Crippen molar-refractivity contribution in [3.8, 4) is 22.4 Å². The van der Waals surface area contributed by atoms with E-state index in [-0.39, 0.29) is 0 Å². The zero-order valence-corrected chi connectivity index (χ0v) is 20.0. The molecule has 0 N–H and O–H groups in total. The fourth-order valence-electron chi connectivity index (χ4n) is 5.65. The van der Waals surface area contributed by atoms with Gasteiger partial charge in [0.25, 0.3) is 0 Å². The maximum Gasteiger partial charge on any atom is 0.165 e. The van der Waals surface area contributed by atoms with E-state index in [0.29, 0.717) is 0 Å². The van der Waals surface area contributed by atoms with E-state index >= 15 is 0 Å². The average Bonchev–Trinajstić information content (AvgIpc) is 3.35. The van der Waals surface area contributed by atoms with Crippen LogP contribution in [0.4, 0.5) is 0 Å². The van der Waals surface area contributed by atoms with E-state index in [1.165, 1.54) is 32.7 Å². The molecular formula is C34H21N3. The molecule has 0 aliphatic rings. The molecule has 0 atom stereocenters. The summed E-state index contributed by atoms with van der Waals surface area (Å²) < 4.78 is 2.07. The number of benzene rings is 5. The largest absolute Gasteiger partial charge is 0.284 e. The molecule has 3 nitrogen and oxygen atoms in total. The Labute approximate surface area is 213 Å². The van der Waals surface area contributed by atoms with E-state index in [0.717, 1.165) is 38.8 Å². The van der Waals surface area contributed by atoms with E-state index in [4.69, 9.17) is 9.97 Å². The fourth-order valence-corrected chi connectivity index (χ4v) is 5.65. The first-order valence-electron chi connectivity index (χ1n) is 12.5. The molecule has 3 heterocycles. The number of nitrogens with zero attached hydrogens (tertiary/aromatic N) is 3. The van der Waals surface area contributed by atoms with Crippen LogP contribution in [0.5, 0.6) is 0 Å². The summed E-state index contributed by atoms with van der Waals surface area (Å²) in [5, 5.41) is 7.33. The molecule has 172 valence electrons. The molecule has 0 fully saturated rings. The topological polar surface area (TPSA) is 30.2 Å². The Hall–Kier alpha value is -5.02. The highest BCUT2D eigenvalue weighted by Crippen LogP contribution is 2.37. The molecule has 0 spiro atoms. The van der Waals surface area contributed by atoms with Gasteiger partial charge in [0.1, 0.15) is 11.2 Å². The van der Waals surface area contributed by atoms with Gasteiger partial charge in [-0.1, -0.05) is 103 Å². The second-order valence-corrected chi connectivity index (χ2v) is 9.49. The van der Waals surface area contributed by atoms with Crippen molar-refractivity contribution in [3.63, 3.8) is 0 Å². The zero-order valence-electron chi connectivity index (χ0n) is 20.0. The molecule has 0 bridgehead atoms. The minimum atomic E-state index is 0.883. The molecule has 0 amide bonds. The maximum atomic E-state index is 5.16. The van der Waals surface area contributed by atoms with Crippen molar-refractivity contribution in [1.82, 2.24) is 14.4 Å². The molecule has 3 aromatic heterocycles. The van der Waals surface area contributed by atoms with Crippen molar-refractivity contribution < 1.29 is 0 Å². The summed E-state index contributed by atoms with van der Waals surface area (Å²) in [6, 6.07) is 43.0. The van der Waals surface area contributed by atoms with Crippen LogP contribution in [0.3, 0.4) is 0 Å². The van der Waals surface area contributed by atoms with E-state index in [9.17, 15) is 0 Å². The number of fused-ring (bicyclic) bond motifs is 8. The Balaban J connectivity index is 1.34. The van der Waals surface area contributed by atoms with Crippen LogP contribution in [-0.2, 0) is 0 Å². The van der Waals surface area contributed by atoms with Crippen molar-refractivity contribution in [2.24, 2.45) is 0 Å².